The van der Waals surface area contributed by atoms with Crippen LogP contribution in [0, 0.1) is 0 Å². The second kappa shape index (κ2) is 11.4. The number of benzene rings is 3. The van der Waals surface area contributed by atoms with Crippen LogP contribution in [0.4, 0.5) is 0 Å². The van der Waals surface area contributed by atoms with Gasteiger partial charge in [0.1, 0.15) is 6.04 Å². The Labute approximate surface area is 200 Å². The molecule has 34 heavy (non-hydrogen) atoms. The summed E-state index contributed by atoms with van der Waals surface area (Å²) in [5.41, 5.74) is 3.01. The van der Waals surface area contributed by atoms with Crippen molar-refractivity contribution in [2.75, 3.05) is 13.7 Å². The van der Waals surface area contributed by atoms with E-state index in [-0.39, 0.29) is 6.61 Å². The summed E-state index contributed by atoms with van der Waals surface area (Å²) in [5.74, 6) is -0.395. The van der Waals surface area contributed by atoms with Gasteiger partial charge in [-0.1, -0.05) is 97.1 Å². The molecule has 0 unspecified atom stereocenters. The summed E-state index contributed by atoms with van der Waals surface area (Å²) in [6, 6.07) is 35.3. The van der Waals surface area contributed by atoms with Crippen molar-refractivity contribution in [2.24, 2.45) is 0 Å². The van der Waals surface area contributed by atoms with Gasteiger partial charge in [-0.2, -0.15) is 0 Å². The maximum atomic E-state index is 12.9. The van der Waals surface area contributed by atoms with Crippen LogP contribution in [0.1, 0.15) is 22.4 Å². The minimum atomic E-state index is -0.809. The van der Waals surface area contributed by atoms with E-state index in [9.17, 15) is 4.79 Å². The summed E-state index contributed by atoms with van der Waals surface area (Å²) < 4.78 is 11.1. The molecule has 0 spiro atoms. The molecule has 0 fully saturated rings. The van der Waals surface area contributed by atoms with Gasteiger partial charge in [0, 0.05) is 6.20 Å². The standard InChI is InChI=1S/C29H28N2O3/c1-33-28(32)27(22-34-21-26-19-11-12-20-30-26)31-29(23-13-5-2-6-14-23,24-15-7-3-8-16-24)25-17-9-4-10-18-25/h2-20,27,31H,21-22H2,1H3/t27-/m0/s1. The molecule has 0 bridgehead atoms. The maximum absolute atomic E-state index is 12.9. The predicted molar refractivity (Wildman–Crippen MR) is 132 cm³/mol. The zero-order valence-electron chi connectivity index (χ0n) is 19.1. The zero-order valence-corrected chi connectivity index (χ0v) is 19.1. The number of aromatic nitrogens is 1. The van der Waals surface area contributed by atoms with Crippen LogP contribution in [-0.2, 0) is 26.4 Å². The minimum Gasteiger partial charge on any atom is -0.468 e. The molecule has 1 N–H and O–H groups in total. The largest absolute Gasteiger partial charge is 0.468 e. The Balaban J connectivity index is 1.76. The van der Waals surface area contributed by atoms with Crippen LogP contribution in [0.15, 0.2) is 115 Å². The van der Waals surface area contributed by atoms with E-state index in [2.05, 4.69) is 46.7 Å². The van der Waals surface area contributed by atoms with Gasteiger partial charge in [0.2, 0.25) is 0 Å². The number of rotatable bonds is 10. The highest BCUT2D eigenvalue weighted by molar-refractivity contribution is 5.76. The molecule has 5 nitrogen and oxygen atoms in total. The number of methoxy groups -OCH3 is 1. The lowest BCUT2D eigenvalue weighted by atomic mass is 9.76. The van der Waals surface area contributed by atoms with Crippen LogP contribution in [0.2, 0.25) is 0 Å². The first kappa shape index (κ1) is 23.4. The van der Waals surface area contributed by atoms with E-state index in [1.54, 1.807) is 6.20 Å². The molecule has 4 aromatic rings. The van der Waals surface area contributed by atoms with E-state index < -0.39 is 17.6 Å². The Hall–Kier alpha value is -3.80. The van der Waals surface area contributed by atoms with E-state index in [0.29, 0.717) is 6.61 Å². The van der Waals surface area contributed by atoms with E-state index >= 15 is 0 Å². The summed E-state index contributed by atoms with van der Waals surface area (Å²) in [6.07, 6.45) is 1.72. The van der Waals surface area contributed by atoms with Crippen LogP contribution < -0.4 is 5.32 Å². The van der Waals surface area contributed by atoms with Crippen molar-refractivity contribution >= 4 is 5.97 Å². The Morgan fingerprint density at radius 1 is 0.794 bits per heavy atom. The first-order chi connectivity index (χ1) is 16.7. The minimum absolute atomic E-state index is 0.123. The maximum Gasteiger partial charge on any atom is 0.325 e. The van der Waals surface area contributed by atoms with E-state index in [1.807, 2.05) is 72.8 Å². The van der Waals surface area contributed by atoms with Crippen LogP contribution >= 0.6 is 0 Å². The third-order valence-corrected chi connectivity index (χ3v) is 5.76. The highest BCUT2D eigenvalue weighted by Crippen LogP contribution is 2.37. The monoisotopic (exact) mass is 452 g/mol. The average molecular weight is 453 g/mol. The van der Waals surface area contributed by atoms with E-state index in [1.165, 1.54) is 7.11 Å². The van der Waals surface area contributed by atoms with Crippen molar-refractivity contribution in [1.29, 1.82) is 0 Å². The SMILES string of the molecule is COC(=O)[C@H](COCc1ccccn1)NC(c1ccccc1)(c1ccccc1)c1ccccc1. The van der Waals surface area contributed by atoms with Crippen molar-refractivity contribution in [3.63, 3.8) is 0 Å². The highest BCUT2D eigenvalue weighted by Gasteiger charge is 2.40. The van der Waals surface area contributed by atoms with E-state index in [0.717, 1.165) is 22.4 Å². The molecular formula is C29H28N2O3. The normalized spacial score (nSPS) is 12.1. The molecule has 1 heterocycles. The molecule has 0 amide bonds. The number of ether oxygens (including phenoxy) is 2. The smallest absolute Gasteiger partial charge is 0.325 e. The molecule has 0 aliphatic carbocycles. The molecule has 0 radical (unpaired) electrons. The van der Waals surface area contributed by atoms with Crippen LogP contribution in [0.3, 0.4) is 0 Å². The first-order valence-electron chi connectivity index (χ1n) is 11.2. The van der Waals surface area contributed by atoms with Gasteiger partial charge in [0.25, 0.3) is 0 Å². The number of hydrogen-bond acceptors (Lipinski definition) is 5. The zero-order chi connectivity index (χ0) is 23.6. The highest BCUT2D eigenvalue weighted by atomic mass is 16.5. The van der Waals surface area contributed by atoms with Crippen LogP contribution in [0.5, 0.6) is 0 Å². The second-order valence-corrected chi connectivity index (χ2v) is 7.90. The number of nitrogens with zero attached hydrogens (tertiary/aromatic N) is 1. The summed E-state index contributed by atoms with van der Waals surface area (Å²) in [6.45, 7) is 0.419. The summed E-state index contributed by atoms with van der Waals surface area (Å²) in [4.78, 5) is 17.2. The molecular weight excluding hydrogens is 424 g/mol. The number of pyridine rings is 1. The fraction of sp³-hybridized carbons (Fsp3) is 0.172. The molecule has 1 atom stereocenters. The number of carbonyl (C=O) groups is 1. The van der Waals surface area contributed by atoms with Crippen molar-refractivity contribution in [2.45, 2.75) is 18.2 Å². The number of esters is 1. The fourth-order valence-electron chi connectivity index (χ4n) is 4.15. The Kier molecular flexibility index (Phi) is 7.81. The molecule has 0 aliphatic heterocycles. The van der Waals surface area contributed by atoms with Crippen LogP contribution in [-0.4, -0.2) is 30.7 Å². The fourth-order valence-corrected chi connectivity index (χ4v) is 4.15. The summed E-state index contributed by atoms with van der Waals surface area (Å²) in [5, 5.41) is 3.63. The lowest BCUT2D eigenvalue weighted by molar-refractivity contribution is -0.145. The third kappa shape index (κ3) is 5.22. The average Bonchev–Trinajstić information content (AvgIpc) is 2.92. The van der Waals surface area contributed by atoms with Gasteiger partial charge >= 0.3 is 5.97 Å². The van der Waals surface area contributed by atoms with Crippen molar-refractivity contribution in [3.8, 4) is 0 Å². The molecule has 0 saturated carbocycles. The van der Waals surface area contributed by atoms with Gasteiger partial charge in [-0.15, -0.1) is 0 Å². The van der Waals surface area contributed by atoms with Gasteiger partial charge < -0.3 is 9.47 Å². The molecule has 0 saturated heterocycles. The topological polar surface area (TPSA) is 60.5 Å². The molecule has 4 rings (SSSR count). The van der Waals surface area contributed by atoms with Crippen molar-refractivity contribution < 1.29 is 14.3 Å². The molecule has 0 aliphatic rings. The molecule has 1 aromatic heterocycles. The van der Waals surface area contributed by atoms with Gasteiger partial charge in [-0.05, 0) is 28.8 Å². The lowest BCUT2D eigenvalue weighted by Crippen LogP contribution is -2.54. The lowest BCUT2D eigenvalue weighted by Gasteiger charge is -2.39. The van der Waals surface area contributed by atoms with Gasteiger partial charge in [-0.25, -0.2) is 0 Å². The molecule has 172 valence electrons. The number of nitrogens with one attached hydrogen (secondary N) is 1. The Morgan fingerprint density at radius 3 is 1.74 bits per heavy atom. The van der Waals surface area contributed by atoms with Gasteiger partial charge in [0.05, 0.1) is 31.6 Å². The second-order valence-electron chi connectivity index (χ2n) is 7.90. The number of hydrogen-bond donors (Lipinski definition) is 1. The summed E-state index contributed by atoms with van der Waals surface area (Å²) in [7, 11) is 1.39. The number of carbonyl (C=O) groups excluding carboxylic acids is 1. The van der Waals surface area contributed by atoms with E-state index in [4.69, 9.17) is 9.47 Å². The van der Waals surface area contributed by atoms with Crippen LogP contribution in [0.25, 0.3) is 0 Å². The summed E-state index contributed by atoms with van der Waals surface area (Å²) >= 11 is 0. The first-order valence-corrected chi connectivity index (χ1v) is 11.2. The molecule has 5 heteroatoms. The van der Waals surface area contributed by atoms with Crippen molar-refractivity contribution in [1.82, 2.24) is 10.3 Å². The van der Waals surface area contributed by atoms with Gasteiger partial charge in [0.15, 0.2) is 0 Å². The quantitative estimate of drug-likeness (QED) is 0.279. The third-order valence-electron chi connectivity index (χ3n) is 5.76. The Bertz CT molecular complexity index is 1060. The van der Waals surface area contributed by atoms with Crippen molar-refractivity contribution in [3.05, 3.63) is 138 Å². The predicted octanol–water partition coefficient (Wildman–Crippen LogP) is 4.72. The Morgan fingerprint density at radius 2 is 1.29 bits per heavy atom. The van der Waals surface area contributed by atoms with Gasteiger partial charge in [-0.3, -0.25) is 15.1 Å². The molecule has 3 aromatic carbocycles.